The molecule has 8 heteroatoms. The highest BCUT2D eigenvalue weighted by atomic mass is 16.6. The zero-order valence-corrected chi connectivity index (χ0v) is 20.9. The summed E-state index contributed by atoms with van der Waals surface area (Å²) in [6, 6.07) is 12.8. The number of fused-ring (bicyclic) bond motifs is 2. The average Bonchev–Trinajstić information content (AvgIpc) is 3.37. The Morgan fingerprint density at radius 2 is 1.91 bits per heavy atom. The first kappa shape index (κ1) is 23.1. The van der Waals surface area contributed by atoms with Crippen molar-refractivity contribution in [2.24, 2.45) is 7.05 Å². The highest BCUT2D eigenvalue weighted by Crippen LogP contribution is 2.31. The van der Waals surface area contributed by atoms with Crippen molar-refractivity contribution in [2.45, 2.75) is 64.6 Å². The van der Waals surface area contributed by atoms with Gasteiger partial charge in [0.15, 0.2) is 0 Å². The van der Waals surface area contributed by atoms with Crippen LogP contribution in [0.25, 0.3) is 32.9 Å². The molecule has 1 aliphatic rings. The van der Waals surface area contributed by atoms with Gasteiger partial charge < -0.3 is 15.4 Å². The Bertz CT molecular complexity index is 1400. The Hall–Kier alpha value is -3.68. The third kappa shape index (κ3) is 5.06. The molecule has 35 heavy (non-hydrogen) atoms. The minimum Gasteiger partial charge on any atom is -0.444 e. The molecule has 0 unspecified atom stereocenters. The van der Waals surface area contributed by atoms with E-state index in [4.69, 9.17) is 14.7 Å². The number of benzene rings is 2. The standard InChI is InChI=1S/C27H32N6O2/c1-16-22-13-17(21-8-6-7-18-15-33(5)32-24(18)21)9-12-23(22)31-25(28-16)29-19-10-11-20(14-19)30-26(34)35-27(2,3)4/h6-9,12-13,15,19-20H,10-11,14H2,1-5H3,(H,30,34)(H,28,29,31)/t19-,20+/m1/s1. The first-order chi connectivity index (χ1) is 16.6. The molecule has 0 saturated heterocycles. The predicted molar refractivity (Wildman–Crippen MR) is 138 cm³/mol. The van der Waals surface area contributed by atoms with E-state index in [1.54, 1.807) is 0 Å². The van der Waals surface area contributed by atoms with Gasteiger partial charge in [0.2, 0.25) is 5.95 Å². The number of ether oxygens (including phenoxy) is 1. The molecule has 5 rings (SSSR count). The number of nitrogens with zero attached hydrogens (tertiary/aromatic N) is 4. The molecule has 1 fully saturated rings. The van der Waals surface area contributed by atoms with Crippen molar-refractivity contribution < 1.29 is 9.53 Å². The van der Waals surface area contributed by atoms with Crippen molar-refractivity contribution in [1.29, 1.82) is 0 Å². The number of hydrogen-bond donors (Lipinski definition) is 2. The maximum Gasteiger partial charge on any atom is 0.407 e. The van der Waals surface area contributed by atoms with Gasteiger partial charge >= 0.3 is 6.09 Å². The summed E-state index contributed by atoms with van der Waals surface area (Å²) in [6.45, 7) is 7.62. The molecule has 2 aromatic carbocycles. The van der Waals surface area contributed by atoms with E-state index in [1.807, 2.05) is 51.7 Å². The van der Waals surface area contributed by atoms with E-state index < -0.39 is 5.60 Å². The summed E-state index contributed by atoms with van der Waals surface area (Å²) < 4.78 is 7.23. The Morgan fingerprint density at radius 1 is 1.11 bits per heavy atom. The van der Waals surface area contributed by atoms with Gasteiger partial charge in [-0.2, -0.15) is 5.10 Å². The molecule has 0 bridgehead atoms. The second-order valence-corrected chi connectivity index (χ2v) is 10.4. The minimum atomic E-state index is -0.499. The molecule has 2 atom stereocenters. The molecule has 0 radical (unpaired) electrons. The quantitative estimate of drug-likeness (QED) is 0.416. The Labute approximate surface area is 205 Å². The fourth-order valence-corrected chi connectivity index (χ4v) is 4.81. The fraction of sp³-hybridized carbons (Fsp3) is 0.407. The van der Waals surface area contributed by atoms with Crippen LogP contribution in [0.2, 0.25) is 0 Å². The number of hydrogen-bond acceptors (Lipinski definition) is 6. The van der Waals surface area contributed by atoms with Gasteiger partial charge in [0.25, 0.3) is 0 Å². The third-order valence-corrected chi connectivity index (χ3v) is 6.33. The van der Waals surface area contributed by atoms with E-state index in [0.29, 0.717) is 5.95 Å². The molecule has 0 spiro atoms. The van der Waals surface area contributed by atoms with Crippen LogP contribution in [0, 0.1) is 6.92 Å². The molecule has 1 amide bonds. The Kier molecular flexibility index (Phi) is 5.83. The first-order valence-electron chi connectivity index (χ1n) is 12.1. The topological polar surface area (TPSA) is 94.0 Å². The molecule has 0 aliphatic heterocycles. The summed E-state index contributed by atoms with van der Waals surface area (Å²) in [7, 11) is 1.94. The number of aromatic nitrogens is 4. The van der Waals surface area contributed by atoms with Crippen molar-refractivity contribution in [3.05, 3.63) is 48.3 Å². The highest BCUT2D eigenvalue weighted by molar-refractivity contribution is 5.96. The number of carbonyl (C=O) groups is 1. The smallest absolute Gasteiger partial charge is 0.407 e. The Morgan fingerprint density at radius 3 is 2.71 bits per heavy atom. The maximum atomic E-state index is 12.1. The van der Waals surface area contributed by atoms with Gasteiger partial charge in [0.1, 0.15) is 11.1 Å². The van der Waals surface area contributed by atoms with Gasteiger partial charge in [0, 0.05) is 41.7 Å². The second-order valence-electron chi connectivity index (χ2n) is 10.4. The van der Waals surface area contributed by atoms with Crippen molar-refractivity contribution >= 4 is 33.8 Å². The van der Waals surface area contributed by atoms with Crippen LogP contribution in [0.15, 0.2) is 42.6 Å². The molecule has 8 nitrogen and oxygen atoms in total. The summed E-state index contributed by atoms with van der Waals surface area (Å²) >= 11 is 0. The average molecular weight is 473 g/mol. The minimum absolute atomic E-state index is 0.0840. The molecule has 1 saturated carbocycles. The zero-order valence-electron chi connectivity index (χ0n) is 20.9. The molecular formula is C27H32N6O2. The molecule has 182 valence electrons. The number of alkyl carbamates (subject to hydrolysis) is 1. The number of anilines is 1. The number of nitrogens with one attached hydrogen (secondary N) is 2. The lowest BCUT2D eigenvalue weighted by atomic mass is 10.0. The van der Waals surface area contributed by atoms with Gasteiger partial charge in [0.05, 0.1) is 11.2 Å². The van der Waals surface area contributed by atoms with Gasteiger partial charge in [-0.1, -0.05) is 24.3 Å². The molecule has 1 aliphatic carbocycles. The number of rotatable bonds is 4. The zero-order chi connectivity index (χ0) is 24.7. The molecule has 2 heterocycles. The van der Waals surface area contributed by atoms with Crippen LogP contribution in [-0.2, 0) is 11.8 Å². The van der Waals surface area contributed by atoms with Gasteiger partial charge in [-0.15, -0.1) is 0 Å². The number of carbonyl (C=O) groups excluding carboxylic acids is 1. The molecule has 2 N–H and O–H groups in total. The van der Waals surface area contributed by atoms with Crippen LogP contribution < -0.4 is 10.6 Å². The van der Waals surface area contributed by atoms with Gasteiger partial charge in [-0.3, -0.25) is 4.68 Å². The van der Waals surface area contributed by atoms with E-state index in [9.17, 15) is 4.79 Å². The molecule has 4 aromatic rings. The largest absolute Gasteiger partial charge is 0.444 e. The molecular weight excluding hydrogens is 440 g/mol. The summed E-state index contributed by atoms with van der Waals surface area (Å²) in [5.41, 5.74) is 4.51. The van der Waals surface area contributed by atoms with Crippen molar-refractivity contribution in [1.82, 2.24) is 25.1 Å². The van der Waals surface area contributed by atoms with Gasteiger partial charge in [-0.25, -0.2) is 14.8 Å². The molecule has 2 aromatic heterocycles. The highest BCUT2D eigenvalue weighted by Gasteiger charge is 2.28. The van der Waals surface area contributed by atoms with Crippen LogP contribution in [0.3, 0.4) is 0 Å². The van der Waals surface area contributed by atoms with Crippen LogP contribution in [0.4, 0.5) is 10.7 Å². The van der Waals surface area contributed by atoms with Crippen LogP contribution in [0.5, 0.6) is 0 Å². The van der Waals surface area contributed by atoms with E-state index in [0.717, 1.165) is 57.9 Å². The lowest BCUT2D eigenvalue weighted by molar-refractivity contribution is 0.0505. The Balaban J connectivity index is 1.32. The summed E-state index contributed by atoms with van der Waals surface area (Å²) in [5, 5.41) is 13.2. The van der Waals surface area contributed by atoms with Crippen LogP contribution in [-0.4, -0.2) is 43.5 Å². The third-order valence-electron chi connectivity index (χ3n) is 6.33. The first-order valence-corrected chi connectivity index (χ1v) is 12.1. The number of amides is 1. The maximum absolute atomic E-state index is 12.1. The fourth-order valence-electron chi connectivity index (χ4n) is 4.81. The lowest BCUT2D eigenvalue weighted by Gasteiger charge is -2.21. The second kappa shape index (κ2) is 8.83. The number of aryl methyl sites for hydroxylation is 2. The van der Waals surface area contributed by atoms with Gasteiger partial charge in [-0.05, 0) is 64.7 Å². The van der Waals surface area contributed by atoms with Crippen LogP contribution in [0.1, 0.15) is 45.7 Å². The summed E-state index contributed by atoms with van der Waals surface area (Å²) in [6.07, 6.45) is 4.31. The van der Waals surface area contributed by atoms with Crippen molar-refractivity contribution in [3.8, 4) is 11.1 Å². The normalized spacial score (nSPS) is 18.2. The predicted octanol–water partition coefficient (Wildman–Crippen LogP) is 5.35. The van der Waals surface area contributed by atoms with Crippen molar-refractivity contribution in [2.75, 3.05) is 5.32 Å². The van der Waals surface area contributed by atoms with E-state index >= 15 is 0 Å². The van der Waals surface area contributed by atoms with E-state index in [1.165, 1.54) is 0 Å². The SMILES string of the molecule is Cc1nc(N[C@@H]2CC[C@H](NC(=O)OC(C)(C)C)C2)nc2ccc(-c3cccc4cn(C)nc34)cc12. The van der Waals surface area contributed by atoms with E-state index in [2.05, 4.69) is 46.1 Å². The lowest BCUT2D eigenvalue weighted by Crippen LogP contribution is -2.38. The van der Waals surface area contributed by atoms with E-state index in [-0.39, 0.29) is 18.2 Å². The van der Waals surface area contributed by atoms with Crippen molar-refractivity contribution in [3.63, 3.8) is 0 Å². The summed E-state index contributed by atoms with van der Waals surface area (Å²) in [5.74, 6) is 0.623. The van der Waals surface area contributed by atoms with Crippen LogP contribution >= 0.6 is 0 Å². The summed E-state index contributed by atoms with van der Waals surface area (Å²) in [4.78, 5) is 21.6. The monoisotopic (exact) mass is 472 g/mol.